The Morgan fingerprint density at radius 1 is 1.19 bits per heavy atom. The Hall–Kier alpha value is -2.48. The fraction of sp³-hybridized carbons (Fsp3) is 0.105. The van der Waals surface area contributed by atoms with Gasteiger partial charge in [0.1, 0.15) is 5.82 Å². The van der Waals surface area contributed by atoms with Crippen molar-refractivity contribution < 1.29 is 4.39 Å². The summed E-state index contributed by atoms with van der Waals surface area (Å²) in [5.41, 5.74) is 4.74. The van der Waals surface area contributed by atoms with Crippen LogP contribution < -0.4 is 0 Å². The fourth-order valence-corrected chi connectivity index (χ4v) is 2.07. The van der Waals surface area contributed by atoms with Gasteiger partial charge in [-0.1, -0.05) is 36.9 Å². The lowest BCUT2D eigenvalue weighted by atomic mass is 9.99. The monoisotopic (exact) mass is 279 g/mol. The van der Waals surface area contributed by atoms with Crippen LogP contribution in [0.2, 0.25) is 0 Å². The third-order valence-corrected chi connectivity index (χ3v) is 3.31. The zero-order valence-corrected chi connectivity index (χ0v) is 12.3. The minimum atomic E-state index is -0.242. The molecule has 1 nitrogen and oxygen atoms in total. The molecule has 0 fully saturated rings. The zero-order chi connectivity index (χ0) is 15.2. The van der Waals surface area contributed by atoms with Crippen LogP contribution in [-0.4, -0.2) is 4.98 Å². The first-order chi connectivity index (χ1) is 10.1. The van der Waals surface area contributed by atoms with Gasteiger partial charge in [-0.25, -0.2) is 4.39 Å². The van der Waals surface area contributed by atoms with Crippen molar-refractivity contribution in [3.63, 3.8) is 0 Å². The molecule has 0 N–H and O–H groups in total. The second-order valence-corrected chi connectivity index (χ2v) is 4.85. The largest absolute Gasteiger partial charge is 0.257 e. The molecule has 0 aliphatic heterocycles. The molecule has 2 aromatic rings. The van der Waals surface area contributed by atoms with Crippen LogP contribution in [0.25, 0.3) is 11.1 Å². The summed E-state index contributed by atoms with van der Waals surface area (Å²) >= 11 is 0. The Morgan fingerprint density at radius 3 is 2.67 bits per heavy atom. The van der Waals surface area contributed by atoms with Crippen LogP contribution in [-0.2, 0) is 0 Å². The molecular formula is C19H18FN. The van der Waals surface area contributed by atoms with E-state index in [-0.39, 0.29) is 5.82 Å². The average molecular weight is 279 g/mol. The molecule has 0 atom stereocenters. The number of pyridine rings is 1. The van der Waals surface area contributed by atoms with Crippen molar-refractivity contribution in [3.8, 4) is 0 Å². The van der Waals surface area contributed by atoms with Crippen LogP contribution in [0.15, 0.2) is 67.4 Å². The van der Waals surface area contributed by atoms with E-state index in [1.54, 1.807) is 18.3 Å². The molecule has 1 heterocycles. The summed E-state index contributed by atoms with van der Waals surface area (Å²) in [7, 11) is 0. The van der Waals surface area contributed by atoms with E-state index in [0.717, 1.165) is 28.0 Å². The van der Waals surface area contributed by atoms with E-state index in [1.165, 1.54) is 12.1 Å². The summed E-state index contributed by atoms with van der Waals surface area (Å²) in [6.45, 7) is 7.78. The van der Waals surface area contributed by atoms with Crippen LogP contribution in [0.4, 0.5) is 4.39 Å². The van der Waals surface area contributed by atoms with Gasteiger partial charge in [-0.15, -0.1) is 0 Å². The quantitative estimate of drug-likeness (QED) is 0.701. The lowest BCUT2D eigenvalue weighted by Gasteiger charge is -2.06. The van der Waals surface area contributed by atoms with Gasteiger partial charge < -0.3 is 0 Å². The minimum absolute atomic E-state index is 0.242. The van der Waals surface area contributed by atoms with E-state index < -0.39 is 0 Å². The van der Waals surface area contributed by atoms with Crippen molar-refractivity contribution in [2.75, 3.05) is 0 Å². The predicted molar refractivity (Wildman–Crippen MR) is 87.2 cm³/mol. The maximum absolute atomic E-state index is 13.4. The predicted octanol–water partition coefficient (Wildman–Crippen LogP) is 5.20. The van der Waals surface area contributed by atoms with Crippen molar-refractivity contribution in [1.82, 2.24) is 4.98 Å². The van der Waals surface area contributed by atoms with Gasteiger partial charge in [0.05, 0.1) is 5.69 Å². The lowest BCUT2D eigenvalue weighted by Crippen LogP contribution is -1.89. The average Bonchev–Trinajstić information content (AvgIpc) is 2.51. The Labute approximate surface area is 125 Å². The SMILES string of the molecule is C=C/C(=C\C=C(/C)c1ccccn1)c1cc(F)ccc1C. The lowest BCUT2D eigenvalue weighted by molar-refractivity contribution is 0.627. The Balaban J connectivity index is 2.37. The van der Waals surface area contributed by atoms with Gasteiger partial charge in [-0.3, -0.25) is 4.98 Å². The summed E-state index contributed by atoms with van der Waals surface area (Å²) in [5, 5.41) is 0. The van der Waals surface area contributed by atoms with Crippen LogP contribution in [0.5, 0.6) is 0 Å². The summed E-state index contributed by atoms with van der Waals surface area (Å²) in [6.07, 6.45) is 7.42. The Bertz CT molecular complexity index is 697. The first-order valence-electron chi connectivity index (χ1n) is 6.81. The molecule has 0 spiro atoms. The molecule has 21 heavy (non-hydrogen) atoms. The Kier molecular flexibility index (Phi) is 4.83. The maximum atomic E-state index is 13.4. The second kappa shape index (κ2) is 6.80. The second-order valence-electron chi connectivity index (χ2n) is 4.85. The number of allylic oxidation sites excluding steroid dienone is 5. The molecule has 0 saturated carbocycles. The molecule has 0 aliphatic carbocycles. The third-order valence-electron chi connectivity index (χ3n) is 3.31. The highest BCUT2D eigenvalue weighted by molar-refractivity contribution is 5.78. The van der Waals surface area contributed by atoms with Crippen molar-refractivity contribution in [1.29, 1.82) is 0 Å². The van der Waals surface area contributed by atoms with Crippen molar-refractivity contribution >= 4 is 11.1 Å². The summed E-state index contributed by atoms with van der Waals surface area (Å²) in [4.78, 5) is 4.30. The molecule has 106 valence electrons. The number of hydrogen-bond donors (Lipinski definition) is 0. The summed E-state index contributed by atoms with van der Waals surface area (Å²) < 4.78 is 13.4. The third kappa shape index (κ3) is 3.76. The van der Waals surface area contributed by atoms with Gasteiger partial charge >= 0.3 is 0 Å². The molecule has 0 amide bonds. The normalized spacial score (nSPS) is 12.3. The first kappa shape index (κ1) is 14.9. The van der Waals surface area contributed by atoms with Crippen molar-refractivity contribution in [3.05, 3.63) is 90.0 Å². The van der Waals surface area contributed by atoms with Crippen molar-refractivity contribution in [2.24, 2.45) is 0 Å². The van der Waals surface area contributed by atoms with Crippen molar-refractivity contribution in [2.45, 2.75) is 13.8 Å². The van der Waals surface area contributed by atoms with Crippen LogP contribution >= 0.6 is 0 Å². The topological polar surface area (TPSA) is 12.9 Å². The molecule has 0 unspecified atom stereocenters. The standard InChI is InChI=1S/C19H18FN/c1-4-16(18-13-17(20)11-9-14(18)2)10-8-15(3)19-7-5-6-12-21-19/h4-13H,1H2,2-3H3/b15-8+,16-10+. The van der Waals surface area contributed by atoms with Gasteiger partial charge in [0, 0.05) is 6.20 Å². The number of rotatable bonds is 4. The molecule has 0 aliphatic rings. The van der Waals surface area contributed by atoms with Gasteiger partial charge in [0.25, 0.3) is 0 Å². The number of halogens is 1. The number of benzene rings is 1. The van der Waals surface area contributed by atoms with Gasteiger partial charge in [0.2, 0.25) is 0 Å². The highest BCUT2D eigenvalue weighted by Crippen LogP contribution is 2.22. The maximum Gasteiger partial charge on any atom is 0.123 e. The molecule has 1 aromatic heterocycles. The van der Waals surface area contributed by atoms with E-state index >= 15 is 0 Å². The van der Waals surface area contributed by atoms with E-state index in [0.29, 0.717) is 0 Å². The number of aromatic nitrogens is 1. The number of aryl methyl sites for hydroxylation is 1. The zero-order valence-electron chi connectivity index (χ0n) is 12.3. The van der Waals surface area contributed by atoms with E-state index in [1.807, 2.05) is 44.2 Å². The molecule has 0 bridgehead atoms. The number of nitrogens with zero attached hydrogens (tertiary/aromatic N) is 1. The van der Waals surface area contributed by atoms with Gasteiger partial charge in [-0.05, 0) is 60.4 Å². The van der Waals surface area contributed by atoms with Crippen LogP contribution in [0, 0.1) is 12.7 Å². The highest BCUT2D eigenvalue weighted by atomic mass is 19.1. The van der Waals surface area contributed by atoms with Gasteiger partial charge in [-0.2, -0.15) is 0 Å². The minimum Gasteiger partial charge on any atom is -0.257 e. The van der Waals surface area contributed by atoms with Gasteiger partial charge in [0.15, 0.2) is 0 Å². The molecule has 2 rings (SSSR count). The summed E-state index contributed by atoms with van der Waals surface area (Å²) in [5.74, 6) is -0.242. The highest BCUT2D eigenvalue weighted by Gasteiger charge is 2.03. The van der Waals surface area contributed by atoms with Crippen LogP contribution in [0.1, 0.15) is 23.7 Å². The molecule has 1 aromatic carbocycles. The molecular weight excluding hydrogens is 261 g/mol. The fourth-order valence-electron chi connectivity index (χ4n) is 2.07. The van der Waals surface area contributed by atoms with E-state index in [9.17, 15) is 4.39 Å². The molecule has 0 radical (unpaired) electrons. The molecule has 0 saturated heterocycles. The smallest absolute Gasteiger partial charge is 0.123 e. The summed E-state index contributed by atoms with van der Waals surface area (Å²) in [6, 6.07) is 10.6. The molecule has 2 heteroatoms. The van der Waals surface area contributed by atoms with E-state index in [2.05, 4.69) is 11.6 Å². The van der Waals surface area contributed by atoms with Crippen LogP contribution in [0.3, 0.4) is 0 Å². The number of hydrogen-bond acceptors (Lipinski definition) is 1. The Morgan fingerprint density at radius 2 is 2.00 bits per heavy atom. The van der Waals surface area contributed by atoms with E-state index in [4.69, 9.17) is 0 Å². The first-order valence-corrected chi connectivity index (χ1v) is 6.81.